The lowest BCUT2D eigenvalue weighted by atomic mass is 9.97. The third-order valence-corrected chi connectivity index (χ3v) is 3.21. The maximum Gasteiger partial charge on any atom is 0.127 e. The summed E-state index contributed by atoms with van der Waals surface area (Å²) in [6.07, 6.45) is 5.82. The topological polar surface area (TPSA) is 21.6 Å². The van der Waals surface area contributed by atoms with E-state index < -0.39 is 0 Å². The van der Waals surface area contributed by atoms with Gasteiger partial charge in [0.05, 0.1) is 6.21 Å². The van der Waals surface area contributed by atoms with Crippen molar-refractivity contribution in [3.05, 3.63) is 21.9 Å². The van der Waals surface area contributed by atoms with Crippen molar-refractivity contribution in [1.82, 2.24) is 0 Å². The Balaban J connectivity index is 1.86. The molecule has 1 aromatic rings. The lowest BCUT2D eigenvalue weighted by molar-refractivity contribution is 0.00699. The number of hydrogen-bond acceptors (Lipinski definition) is 3. The molecule has 1 aliphatic rings. The van der Waals surface area contributed by atoms with Gasteiger partial charge in [-0.25, -0.2) is 0 Å². The molecule has 0 N–H and O–H groups in total. The van der Waals surface area contributed by atoms with Crippen LogP contribution < -0.4 is 0 Å². The van der Waals surface area contributed by atoms with Gasteiger partial charge in [-0.15, -0.1) is 11.3 Å². The van der Waals surface area contributed by atoms with Gasteiger partial charge in [0.2, 0.25) is 0 Å². The zero-order chi connectivity index (χ0) is 9.10. The largest absolute Gasteiger partial charge is 0.393 e. The molecule has 2 rings (SSSR count). The summed E-state index contributed by atoms with van der Waals surface area (Å²) < 4.78 is 0. The molecular weight excluding hydrogens is 182 g/mol. The molecule has 0 aromatic carbocycles. The molecular formula is C10H13NOS. The Labute approximate surface area is 82.2 Å². The molecule has 2 nitrogen and oxygen atoms in total. The van der Waals surface area contributed by atoms with Crippen molar-refractivity contribution in [3.63, 3.8) is 0 Å². The van der Waals surface area contributed by atoms with Gasteiger partial charge in [-0.1, -0.05) is 5.16 Å². The molecule has 0 unspecified atom stereocenters. The van der Waals surface area contributed by atoms with E-state index in [-0.39, 0.29) is 0 Å². The van der Waals surface area contributed by atoms with Gasteiger partial charge in [0.15, 0.2) is 0 Å². The Morgan fingerprint density at radius 2 is 2.46 bits per heavy atom. The van der Waals surface area contributed by atoms with E-state index in [1.165, 1.54) is 29.7 Å². The molecule has 0 radical (unpaired) electrons. The Bertz CT molecular complexity index is 302. The molecule has 1 saturated carbocycles. The van der Waals surface area contributed by atoms with Crippen molar-refractivity contribution in [3.8, 4) is 0 Å². The molecule has 1 aliphatic carbocycles. The van der Waals surface area contributed by atoms with Gasteiger partial charge in [0.1, 0.15) is 6.10 Å². The van der Waals surface area contributed by atoms with E-state index in [0.717, 1.165) is 0 Å². The second-order valence-electron chi connectivity index (χ2n) is 3.32. The fourth-order valence-electron chi connectivity index (χ4n) is 1.18. The van der Waals surface area contributed by atoms with Crippen LogP contribution in [0.2, 0.25) is 0 Å². The summed E-state index contributed by atoms with van der Waals surface area (Å²) in [5.74, 6) is 0. The van der Waals surface area contributed by atoms with Gasteiger partial charge in [-0.3, -0.25) is 0 Å². The molecule has 70 valence electrons. The number of nitrogens with zero attached hydrogens (tertiary/aromatic N) is 1. The van der Waals surface area contributed by atoms with Crippen LogP contribution in [0, 0.1) is 6.92 Å². The first-order valence-electron chi connectivity index (χ1n) is 4.59. The quantitative estimate of drug-likeness (QED) is 0.536. The molecule has 0 bridgehead atoms. The average molecular weight is 195 g/mol. The van der Waals surface area contributed by atoms with E-state index in [2.05, 4.69) is 23.5 Å². The van der Waals surface area contributed by atoms with Crippen LogP contribution in [0.15, 0.2) is 16.6 Å². The molecule has 0 amide bonds. The Kier molecular flexibility index (Phi) is 2.64. The first kappa shape index (κ1) is 8.75. The van der Waals surface area contributed by atoms with E-state index in [9.17, 15) is 0 Å². The molecule has 0 saturated heterocycles. The summed E-state index contributed by atoms with van der Waals surface area (Å²) in [7, 11) is 0. The third-order valence-electron chi connectivity index (χ3n) is 2.35. The lowest BCUT2D eigenvalue weighted by Crippen LogP contribution is -2.18. The van der Waals surface area contributed by atoms with Crippen LogP contribution in [0.25, 0.3) is 0 Å². The minimum absolute atomic E-state index is 0.384. The molecule has 0 atom stereocenters. The Morgan fingerprint density at radius 1 is 1.62 bits per heavy atom. The number of oxime groups is 1. The van der Waals surface area contributed by atoms with Crippen LogP contribution in [-0.4, -0.2) is 12.3 Å². The molecule has 1 fully saturated rings. The van der Waals surface area contributed by atoms with Gasteiger partial charge in [-0.2, -0.15) is 0 Å². The van der Waals surface area contributed by atoms with Gasteiger partial charge in [0.25, 0.3) is 0 Å². The van der Waals surface area contributed by atoms with Crippen molar-refractivity contribution in [1.29, 1.82) is 0 Å². The summed E-state index contributed by atoms with van der Waals surface area (Å²) in [6.45, 7) is 2.09. The zero-order valence-electron chi connectivity index (χ0n) is 7.69. The van der Waals surface area contributed by atoms with Crippen LogP contribution in [0.4, 0.5) is 0 Å². The first-order chi connectivity index (χ1) is 6.36. The van der Waals surface area contributed by atoms with Crippen molar-refractivity contribution in [2.75, 3.05) is 0 Å². The minimum Gasteiger partial charge on any atom is -0.393 e. The molecule has 0 spiro atoms. The van der Waals surface area contributed by atoms with E-state index in [1.54, 1.807) is 11.3 Å². The van der Waals surface area contributed by atoms with Crippen molar-refractivity contribution < 1.29 is 4.84 Å². The summed E-state index contributed by atoms with van der Waals surface area (Å²) in [5, 5.41) is 6.05. The Hall–Kier alpha value is -0.830. The summed E-state index contributed by atoms with van der Waals surface area (Å²) in [5.41, 5.74) is 1.17. The molecule has 1 heterocycles. The van der Waals surface area contributed by atoms with Crippen LogP contribution in [0.3, 0.4) is 0 Å². The summed E-state index contributed by atoms with van der Waals surface area (Å²) >= 11 is 1.74. The van der Waals surface area contributed by atoms with Crippen LogP contribution in [0.1, 0.15) is 29.7 Å². The number of thiophene rings is 1. The second-order valence-corrected chi connectivity index (χ2v) is 4.45. The number of rotatable bonds is 3. The van der Waals surface area contributed by atoms with E-state index in [0.29, 0.717) is 6.10 Å². The lowest BCUT2D eigenvalue weighted by Gasteiger charge is -2.22. The predicted octanol–water partition coefficient (Wildman–Crippen LogP) is 2.96. The van der Waals surface area contributed by atoms with Crippen molar-refractivity contribution >= 4 is 17.6 Å². The highest BCUT2D eigenvalue weighted by Crippen LogP contribution is 2.22. The Morgan fingerprint density at radius 3 is 3.00 bits per heavy atom. The van der Waals surface area contributed by atoms with Gasteiger partial charge >= 0.3 is 0 Å². The molecule has 13 heavy (non-hydrogen) atoms. The monoisotopic (exact) mass is 195 g/mol. The summed E-state index contributed by atoms with van der Waals surface area (Å²) in [6, 6.07) is 2.06. The van der Waals surface area contributed by atoms with E-state index >= 15 is 0 Å². The van der Waals surface area contributed by atoms with Gasteiger partial charge in [0, 0.05) is 10.4 Å². The number of aryl methyl sites for hydroxylation is 1. The van der Waals surface area contributed by atoms with Gasteiger partial charge in [-0.05, 0) is 37.6 Å². The SMILES string of the molecule is Cc1sccc1/C=N/OC1CCC1. The van der Waals surface area contributed by atoms with Crippen LogP contribution >= 0.6 is 11.3 Å². The van der Waals surface area contributed by atoms with E-state index in [1.807, 2.05) is 6.21 Å². The highest BCUT2D eigenvalue weighted by molar-refractivity contribution is 7.10. The van der Waals surface area contributed by atoms with E-state index in [4.69, 9.17) is 4.84 Å². The highest BCUT2D eigenvalue weighted by atomic mass is 32.1. The first-order valence-corrected chi connectivity index (χ1v) is 5.47. The standard InChI is InChI=1S/C10H13NOS/c1-8-9(5-6-13-8)7-11-12-10-3-2-4-10/h5-7,10H,2-4H2,1H3/b11-7+. The van der Waals surface area contributed by atoms with Crippen LogP contribution in [0.5, 0.6) is 0 Å². The smallest absolute Gasteiger partial charge is 0.127 e. The maximum atomic E-state index is 5.28. The second kappa shape index (κ2) is 3.92. The maximum absolute atomic E-state index is 5.28. The van der Waals surface area contributed by atoms with Gasteiger partial charge < -0.3 is 4.84 Å². The normalized spacial score (nSPS) is 17.6. The number of hydrogen-bond donors (Lipinski definition) is 0. The molecule has 1 aromatic heterocycles. The van der Waals surface area contributed by atoms with Crippen molar-refractivity contribution in [2.24, 2.45) is 5.16 Å². The molecule has 3 heteroatoms. The predicted molar refractivity (Wildman–Crippen MR) is 55.4 cm³/mol. The minimum atomic E-state index is 0.384. The third kappa shape index (κ3) is 2.10. The zero-order valence-corrected chi connectivity index (χ0v) is 8.51. The van der Waals surface area contributed by atoms with Crippen LogP contribution in [-0.2, 0) is 4.84 Å². The fraction of sp³-hybridized carbons (Fsp3) is 0.500. The molecule has 0 aliphatic heterocycles. The average Bonchev–Trinajstić information content (AvgIpc) is 2.42. The highest BCUT2D eigenvalue weighted by Gasteiger charge is 2.18. The van der Waals surface area contributed by atoms with Crippen molar-refractivity contribution in [2.45, 2.75) is 32.3 Å². The fourth-order valence-corrected chi connectivity index (χ4v) is 1.85. The summed E-state index contributed by atoms with van der Waals surface area (Å²) in [4.78, 5) is 6.57.